The first-order valence-electron chi connectivity index (χ1n) is 19.6. The lowest BCUT2D eigenvalue weighted by atomic mass is 9.33. The SMILES string of the molecule is CC(=O)O[C@@H]1CC[C@@]2(C)C(CC[C@]3(C)C2C(=O)C=C2C4[C@@H](C)[C@H](C)CC[C@]4(C)CC[C@]23C)[C@@]1(C)C(=O)OCC(=O)Oc1cc(C)ccc1C(C)C. The average molecular weight is 703 g/mol. The Kier molecular flexibility index (Phi) is 9.53. The first-order valence-corrected chi connectivity index (χ1v) is 19.6. The second-order valence-electron chi connectivity index (χ2n) is 19.0. The number of benzene rings is 1. The minimum atomic E-state index is -1.25. The summed E-state index contributed by atoms with van der Waals surface area (Å²) in [5.74, 6) is 0.0326. The van der Waals surface area contributed by atoms with Gasteiger partial charge in [0.2, 0.25) is 0 Å². The number of allylic oxidation sites excluding steroid dienone is 2. The summed E-state index contributed by atoms with van der Waals surface area (Å²) in [4.78, 5) is 54.9. The number of ether oxygens (including phenoxy) is 3. The molecule has 1 aromatic rings. The molecule has 0 bridgehead atoms. The van der Waals surface area contributed by atoms with E-state index in [0.29, 0.717) is 42.8 Å². The van der Waals surface area contributed by atoms with Gasteiger partial charge in [-0.3, -0.25) is 14.4 Å². The van der Waals surface area contributed by atoms with E-state index in [-0.39, 0.29) is 39.8 Å². The van der Waals surface area contributed by atoms with Crippen molar-refractivity contribution in [2.45, 2.75) is 140 Å². The van der Waals surface area contributed by atoms with Crippen molar-refractivity contribution in [1.29, 1.82) is 0 Å². The molecule has 6 rings (SSSR count). The largest absolute Gasteiger partial charge is 0.461 e. The molecule has 0 radical (unpaired) electrons. The highest BCUT2D eigenvalue weighted by Gasteiger charge is 2.72. The molecule has 0 saturated heterocycles. The van der Waals surface area contributed by atoms with E-state index in [2.05, 4.69) is 47.6 Å². The molecule has 1 aromatic carbocycles. The van der Waals surface area contributed by atoms with Crippen molar-refractivity contribution in [2.75, 3.05) is 6.61 Å². The Morgan fingerprint density at radius 3 is 2.29 bits per heavy atom. The molecule has 0 amide bonds. The Labute approximate surface area is 306 Å². The van der Waals surface area contributed by atoms with Crippen LogP contribution in [-0.2, 0) is 28.7 Å². The van der Waals surface area contributed by atoms with Crippen molar-refractivity contribution in [3.05, 3.63) is 41.0 Å². The van der Waals surface area contributed by atoms with E-state index in [1.54, 1.807) is 0 Å². The predicted octanol–water partition coefficient (Wildman–Crippen LogP) is 9.34. The zero-order valence-electron chi connectivity index (χ0n) is 33.1. The highest BCUT2D eigenvalue weighted by atomic mass is 16.6. The fourth-order valence-electron chi connectivity index (χ4n) is 12.6. The molecule has 280 valence electrons. The lowest BCUT2D eigenvalue weighted by molar-refractivity contribution is -0.223. The molecule has 5 aliphatic rings. The first kappa shape index (κ1) is 37.8. The zero-order chi connectivity index (χ0) is 37.5. The van der Waals surface area contributed by atoms with Gasteiger partial charge in [-0.1, -0.05) is 73.1 Å². The summed E-state index contributed by atoms with van der Waals surface area (Å²) < 4.78 is 17.5. The van der Waals surface area contributed by atoms with Crippen molar-refractivity contribution in [2.24, 2.45) is 56.7 Å². The highest BCUT2D eigenvalue weighted by molar-refractivity contribution is 5.96. The third kappa shape index (κ3) is 5.73. The summed E-state index contributed by atoms with van der Waals surface area (Å²) in [5.41, 5.74) is 1.23. The van der Waals surface area contributed by atoms with Crippen LogP contribution in [0.2, 0.25) is 0 Å². The molecule has 4 saturated carbocycles. The minimum absolute atomic E-state index is 0.132. The van der Waals surface area contributed by atoms with Gasteiger partial charge in [-0.15, -0.1) is 0 Å². The first-order chi connectivity index (χ1) is 23.7. The summed E-state index contributed by atoms with van der Waals surface area (Å²) in [5, 5.41) is 0. The van der Waals surface area contributed by atoms with E-state index < -0.39 is 41.4 Å². The van der Waals surface area contributed by atoms with E-state index in [0.717, 1.165) is 30.4 Å². The molecule has 0 spiro atoms. The maximum Gasteiger partial charge on any atom is 0.349 e. The summed E-state index contributed by atoms with van der Waals surface area (Å²) in [6, 6.07) is 5.75. The summed E-state index contributed by atoms with van der Waals surface area (Å²) in [6.45, 7) is 22.9. The van der Waals surface area contributed by atoms with Gasteiger partial charge in [-0.25, -0.2) is 4.79 Å². The fraction of sp³-hybridized carbons (Fsp3) is 0.727. The van der Waals surface area contributed by atoms with Crippen molar-refractivity contribution in [3.63, 3.8) is 0 Å². The number of fused-ring (bicyclic) bond motifs is 7. The molecule has 11 atom stereocenters. The monoisotopic (exact) mass is 702 g/mol. The molecule has 0 heterocycles. The molecular formula is C44H62O7. The number of carbonyl (C=O) groups excluding carboxylic acids is 4. The van der Waals surface area contributed by atoms with Crippen molar-refractivity contribution in [3.8, 4) is 5.75 Å². The van der Waals surface area contributed by atoms with Gasteiger partial charge in [0.15, 0.2) is 12.4 Å². The van der Waals surface area contributed by atoms with E-state index in [9.17, 15) is 19.2 Å². The molecular weight excluding hydrogens is 640 g/mol. The van der Waals surface area contributed by atoms with Crippen molar-refractivity contribution < 1.29 is 33.4 Å². The quantitative estimate of drug-likeness (QED) is 0.215. The van der Waals surface area contributed by atoms with Crippen LogP contribution in [0, 0.1) is 63.6 Å². The van der Waals surface area contributed by atoms with E-state index in [1.807, 2.05) is 45.9 Å². The Morgan fingerprint density at radius 2 is 1.63 bits per heavy atom. The van der Waals surface area contributed by atoms with Gasteiger partial charge in [0.25, 0.3) is 0 Å². The Morgan fingerprint density at radius 1 is 0.922 bits per heavy atom. The molecule has 0 N–H and O–H groups in total. The highest BCUT2D eigenvalue weighted by Crippen LogP contribution is 2.75. The second kappa shape index (κ2) is 12.9. The van der Waals surface area contributed by atoms with Crippen LogP contribution < -0.4 is 4.74 Å². The van der Waals surface area contributed by atoms with Gasteiger partial charge in [-0.05, 0) is 140 Å². The number of esters is 3. The molecule has 4 fully saturated rings. The molecule has 0 aliphatic heterocycles. The third-order valence-corrected chi connectivity index (χ3v) is 15.8. The van der Waals surface area contributed by atoms with Crippen molar-refractivity contribution >= 4 is 23.7 Å². The van der Waals surface area contributed by atoms with Gasteiger partial charge in [0.05, 0.1) is 0 Å². The number of rotatable bonds is 6. The van der Waals surface area contributed by atoms with Crippen molar-refractivity contribution in [1.82, 2.24) is 0 Å². The van der Waals surface area contributed by atoms with Gasteiger partial charge >= 0.3 is 17.9 Å². The lowest BCUT2D eigenvalue weighted by Gasteiger charge is -2.70. The molecule has 7 nitrogen and oxygen atoms in total. The number of hydrogen-bond acceptors (Lipinski definition) is 7. The predicted molar refractivity (Wildman–Crippen MR) is 197 cm³/mol. The van der Waals surface area contributed by atoms with E-state index in [4.69, 9.17) is 14.2 Å². The van der Waals surface area contributed by atoms with Crippen LogP contribution in [-0.4, -0.2) is 36.4 Å². The molecule has 7 heteroatoms. The molecule has 5 aliphatic carbocycles. The lowest BCUT2D eigenvalue weighted by Crippen LogP contribution is -2.68. The summed E-state index contributed by atoms with van der Waals surface area (Å²) in [7, 11) is 0. The average Bonchev–Trinajstić information content (AvgIpc) is 3.04. The molecule has 0 aromatic heterocycles. The number of ketones is 1. The maximum absolute atomic E-state index is 14.8. The van der Waals surface area contributed by atoms with Crippen LogP contribution in [0.1, 0.15) is 138 Å². The van der Waals surface area contributed by atoms with Crippen LogP contribution in [0.15, 0.2) is 29.8 Å². The number of carbonyl (C=O) groups is 4. The standard InChI is InChI=1S/C44H62O7/c1-25(2)30-13-12-26(3)22-33(30)51-36(47)24-49-39(48)44(11)34-15-19-43(10)38(41(34,8)18-16-35(44)50-29(6)45)32(46)23-31-37-28(5)27(4)14-17-40(37,7)20-21-42(31,43)9/h12-13,22-23,25,27-28,34-35,37-38H,14-21,24H2,1-11H3/t27-,28+,34?,35-,37?,38?,40-,41+,42-,43-,44-/m1/s1. The molecule has 3 unspecified atom stereocenters. The summed E-state index contributed by atoms with van der Waals surface area (Å²) in [6.07, 6.45) is 8.59. The van der Waals surface area contributed by atoms with Gasteiger partial charge < -0.3 is 14.2 Å². The Hall–Kier alpha value is -2.96. The van der Waals surface area contributed by atoms with Crippen LogP contribution in [0.3, 0.4) is 0 Å². The Balaban J connectivity index is 1.32. The second-order valence-corrected chi connectivity index (χ2v) is 19.0. The minimum Gasteiger partial charge on any atom is -0.461 e. The van der Waals surface area contributed by atoms with E-state index >= 15 is 0 Å². The normalized spacial score (nSPS) is 41.6. The van der Waals surface area contributed by atoms with Gasteiger partial charge in [-0.2, -0.15) is 0 Å². The van der Waals surface area contributed by atoms with Crippen LogP contribution >= 0.6 is 0 Å². The fourth-order valence-corrected chi connectivity index (χ4v) is 12.6. The van der Waals surface area contributed by atoms with Crippen LogP contribution in [0.25, 0.3) is 0 Å². The van der Waals surface area contributed by atoms with Crippen LogP contribution in [0.4, 0.5) is 0 Å². The smallest absolute Gasteiger partial charge is 0.349 e. The van der Waals surface area contributed by atoms with Gasteiger partial charge in [0.1, 0.15) is 17.3 Å². The molecule has 51 heavy (non-hydrogen) atoms. The zero-order valence-corrected chi connectivity index (χ0v) is 33.1. The van der Waals surface area contributed by atoms with E-state index in [1.165, 1.54) is 25.3 Å². The Bertz CT molecular complexity index is 1640. The summed E-state index contributed by atoms with van der Waals surface area (Å²) >= 11 is 0. The van der Waals surface area contributed by atoms with Crippen LogP contribution in [0.5, 0.6) is 5.75 Å². The topological polar surface area (TPSA) is 96.0 Å². The number of hydrogen-bond donors (Lipinski definition) is 0. The maximum atomic E-state index is 14.8. The third-order valence-electron chi connectivity index (χ3n) is 15.8. The van der Waals surface area contributed by atoms with Gasteiger partial charge in [0, 0.05) is 12.8 Å². The number of aryl methyl sites for hydroxylation is 1.